The summed E-state index contributed by atoms with van der Waals surface area (Å²) in [5.74, 6) is 0.205. The smallest absolute Gasteiger partial charge is 0.407 e. The predicted molar refractivity (Wildman–Crippen MR) is 114 cm³/mol. The topological polar surface area (TPSA) is 112 Å². The molecular formula is C20H24ClFN6O3. The molecule has 2 aromatic heterocycles. The molecule has 3 N–H and O–H groups in total. The number of ether oxygens (including phenoxy) is 1. The number of nitrogens with one attached hydrogen (secondary N) is 3. The van der Waals surface area contributed by atoms with E-state index in [0.29, 0.717) is 31.0 Å². The van der Waals surface area contributed by atoms with Crippen LogP contribution in [0.1, 0.15) is 32.1 Å². The molecule has 0 radical (unpaired) electrons. The molecule has 0 unspecified atom stereocenters. The van der Waals surface area contributed by atoms with Crippen LogP contribution in [0.5, 0.6) is 0 Å². The first kappa shape index (κ1) is 21.4. The van der Waals surface area contributed by atoms with E-state index in [1.165, 1.54) is 24.5 Å². The Hall–Kier alpha value is -2.88. The van der Waals surface area contributed by atoms with E-state index in [2.05, 4.69) is 25.8 Å². The summed E-state index contributed by atoms with van der Waals surface area (Å²) in [5, 5.41) is 12.3. The van der Waals surface area contributed by atoms with Crippen LogP contribution in [0.4, 0.5) is 20.7 Å². The van der Waals surface area contributed by atoms with Crippen LogP contribution in [-0.2, 0) is 4.74 Å². The number of pyridine rings is 1. The van der Waals surface area contributed by atoms with Gasteiger partial charge in [-0.05, 0) is 31.7 Å². The number of hydrogen-bond donors (Lipinski definition) is 3. The number of carbonyl (C=O) groups is 1. The molecule has 2 aromatic rings. The van der Waals surface area contributed by atoms with Gasteiger partial charge in [-0.1, -0.05) is 11.6 Å². The molecule has 0 bridgehead atoms. The second kappa shape index (κ2) is 9.51. The lowest BCUT2D eigenvalue weighted by Gasteiger charge is -2.30. The number of nitrogens with zero attached hydrogens (tertiary/aromatic N) is 3. The second-order valence-electron chi connectivity index (χ2n) is 7.86. The van der Waals surface area contributed by atoms with Crippen LogP contribution in [-0.4, -0.2) is 52.6 Å². The Bertz CT molecular complexity index is 981. The average Bonchev–Trinajstić information content (AvgIpc) is 3.19. The summed E-state index contributed by atoms with van der Waals surface area (Å²) in [6.07, 6.45) is 6.14. The number of amides is 1. The molecule has 0 spiro atoms. The summed E-state index contributed by atoms with van der Waals surface area (Å²) in [6.45, 7) is 1.07. The largest absolute Gasteiger partial charge is 0.444 e. The number of anilines is 2. The minimum Gasteiger partial charge on any atom is -0.444 e. The summed E-state index contributed by atoms with van der Waals surface area (Å²) in [6, 6.07) is 2.92. The van der Waals surface area contributed by atoms with Crippen LogP contribution in [0.25, 0.3) is 0 Å². The molecule has 2 aliphatic rings. The maximum absolute atomic E-state index is 13.3. The highest BCUT2D eigenvalue weighted by Gasteiger charge is 2.29. The minimum absolute atomic E-state index is 0.0369. The number of rotatable bonds is 5. The van der Waals surface area contributed by atoms with Gasteiger partial charge in [-0.3, -0.25) is 4.79 Å². The third-order valence-corrected chi connectivity index (χ3v) is 6.02. The number of alkyl carbamates (subject to hydrolysis) is 1. The van der Waals surface area contributed by atoms with Crippen molar-refractivity contribution in [1.82, 2.24) is 20.5 Å². The molecule has 1 aliphatic heterocycles. The van der Waals surface area contributed by atoms with Gasteiger partial charge >= 0.3 is 6.09 Å². The molecular weight excluding hydrogens is 427 g/mol. The predicted octanol–water partition coefficient (Wildman–Crippen LogP) is 2.69. The first-order valence-corrected chi connectivity index (χ1v) is 10.7. The van der Waals surface area contributed by atoms with Crippen LogP contribution >= 0.6 is 11.6 Å². The highest BCUT2D eigenvalue weighted by Crippen LogP contribution is 2.26. The lowest BCUT2D eigenvalue weighted by Crippen LogP contribution is -2.41. The standard InChI is InChI=1S/C20H24ClFN6O3/c21-18-16(10-24-27-19(18)29)28-8-6-15(11-28)31-20(30)26-14-3-1-13(2-4-14)25-17-9-12(22)5-7-23-17/h5,7,9-10,13-15H,1-4,6,8,11H2,(H,23,25)(H,26,30)(H,27,29)/t13?,14?,15-/m1/s1. The monoisotopic (exact) mass is 450 g/mol. The Kier molecular flexibility index (Phi) is 6.55. The number of H-pyrrole nitrogens is 1. The summed E-state index contributed by atoms with van der Waals surface area (Å²) in [5.41, 5.74) is 0.0927. The third kappa shape index (κ3) is 5.43. The van der Waals surface area contributed by atoms with Gasteiger partial charge in [0.05, 0.1) is 18.4 Å². The number of aromatic amines is 1. The highest BCUT2D eigenvalue weighted by molar-refractivity contribution is 6.33. The maximum atomic E-state index is 13.3. The molecule has 11 heteroatoms. The summed E-state index contributed by atoms with van der Waals surface area (Å²) >= 11 is 6.05. The average molecular weight is 451 g/mol. The third-order valence-electron chi connectivity index (χ3n) is 5.66. The molecule has 1 atom stereocenters. The van der Waals surface area contributed by atoms with Gasteiger partial charge in [0.1, 0.15) is 22.8 Å². The van der Waals surface area contributed by atoms with Crippen molar-refractivity contribution in [2.75, 3.05) is 23.3 Å². The molecule has 0 aromatic carbocycles. The van der Waals surface area contributed by atoms with Gasteiger partial charge in [-0.15, -0.1) is 0 Å². The van der Waals surface area contributed by atoms with Crippen molar-refractivity contribution < 1.29 is 13.9 Å². The number of carbonyl (C=O) groups excluding carboxylic acids is 1. The number of hydrogen-bond acceptors (Lipinski definition) is 7. The van der Waals surface area contributed by atoms with Crippen LogP contribution in [0.2, 0.25) is 5.02 Å². The zero-order valence-electron chi connectivity index (χ0n) is 16.8. The van der Waals surface area contributed by atoms with Gasteiger partial charge in [-0.25, -0.2) is 19.3 Å². The van der Waals surface area contributed by atoms with E-state index in [1.807, 2.05) is 4.90 Å². The van der Waals surface area contributed by atoms with Crippen molar-refractivity contribution in [3.8, 4) is 0 Å². The normalized spacial score (nSPS) is 23.4. The zero-order chi connectivity index (χ0) is 21.8. The SMILES string of the molecule is O=C(NC1CCC(Nc2cc(F)ccn2)CC1)O[C@@H]1CCN(c2cn[nH]c(=O)c2Cl)C1. The van der Waals surface area contributed by atoms with Crippen molar-refractivity contribution in [3.05, 3.63) is 45.7 Å². The van der Waals surface area contributed by atoms with E-state index < -0.39 is 11.7 Å². The summed E-state index contributed by atoms with van der Waals surface area (Å²) < 4.78 is 18.8. The van der Waals surface area contributed by atoms with E-state index >= 15 is 0 Å². The molecule has 31 heavy (non-hydrogen) atoms. The summed E-state index contributed by atoms with van der Waals surface area (Å²) in [4.78, 5) is 30.0. The van der Waals surface area contributed by atoms with E-state index in [9.17, 15) is 14.0 Å². The Morgan fingerprint density at radius 2 is 2.03 bits per heavy atom. The van der Waals surface area contributed by atoms with Gasteiger partial charge in [0, 0.05) is 37.3 Å². The first-order chi connectivity index (χ1) is 15.0. The van der Waals surface area contributed by atoms with Gasteiger partial charge in [0.2, 0.25) is 0 Å². The van der Waals surface area contributed by atoms with Crippen molar-refractivity contribution in [3.63, 3.8) is 0 Å². The summed E-state index contributed by atoms with van der Waals surface area (Å²) in [7, 11) is 0. The second-order valence-corrected chi connectivity index (χ2v) is 8.23. The number of aromatic nitrogens is 3. The molecule has 166 valence electrons. The van der Waals surface area contributed by atoms with Crippen LogP contribution in [0, 0.1) is 5.82 Å². The van der Waals surface area contributed by atoms with Gasteiger partial charge in [0.15, 0.2) is 0 Å². The lowest BCUT2D eigenvalue weighted by molar-refractivity contribution is 0.103. The molecule has 2 fully saturated rings. The fraction of sp³-hybridized carbons (Fsp3) is 0.500. The molecule has 1 saturated carbocycles. The first-order valence-electron chi connectivity index (χ1n) is 10.3. The number of halogens is 2. The van der Waals surface area contributed by atoms with E-state index in [-0.39, 0.29) is 29.0 Å². The van der Waals surface area contributed by atoms with E-state index in [0.717, 1.165) is 25.7 Å². The maximum Gasteiger partial charge on any atom is 0.407 e. The molecule has 4 rings (SSSR count). The zero-order valence-corrected chi connectivity index (χ0v) is 17.6. The van der Waals surface area contributed by atoms with Gasteiger partial charge < -0.3 is 20.3 Å². The van der Waals surface area contributed by atoms with Gasteiger partial charge in [-0.2, -0.15) is 5.10 Å². The molecule has 9 nitrogen and oxygen atoms in total. The minimum atomic E-state index is -0.445. The lowest BCUT2D eigenvalue weighted by atomic mass is 9.91. The van der Waals surface area contributed by atoms with Crippen molar-refractivity contribution >= 4 is 29.2 Å². The van der Waals surface area contributed by atoms with Crippen LogP contribution < -0.4 is 21.1 Å². The van der Waals surface area contributed by atoms with Crippen LogP contribution in [0.15, 0.2) is 29.3 Å². The highest BCUT2D eigenvalue weighted by atomic mass is 35.5. The quantitative estimate of drug-likeness (QED) is 0.642. The van der Waals surface area contributed by atoms with E-state index in [1.54, 1.807) is 0 Å². The Balaban J connectivity index is 1.20. The Morgan fingerprint density at radius 1 is 1.26 bits per heavy atom. The fourth-order valence-electron chi connectivity index (χ4n) is 4.06. The molecule has 1 amide bonds. The Morgan fingerprint density at radius 3 is 2.81 bits per heavy atom. The van der Waals surface area contributed by atoms with Crippen molar-refractivity contribution in [2.24, 2.45) is 0 Å². The fourth-order valence-corrected chi connectivity index (χ4v) is 4.28. The van der Waals surface area contributed by atoms with Gasteiger partial charge in [0.25, 0.3) is 5.56 Å². The molecule has 3 heterocycles. The molecule has 1 saturated heterocycles. The van der Waals surface area contributed by atoms with Crippen LogP contribution in [0.3, 0.4) is 0 Å². The van der Waals surface area contributed by atoms with Crippen molar-refractivity contribution in [1.29, 1.82) is 0 Å². The Labute approximate surface area is 183 Å². The van der Waals surface area contributed by atoms with Crippen molar-refractivity contribution in [2.45, 2.75) is 50.3 Å². The van der Waals surface area contributed by atoms with E-state index in [4.69, 9.17) is 16.3 Å². The molecule has 1 aliphatic carbocycles.